The molecular weight excluding hydrogens is 1370 g/mol. The maximum atomic E-state index is 14.5. The quantitative estimate of drug-likeness (QED) is 0.0254. The fourth-order valence-electron chi connectivity index (χ4n) is 11.1. The maximum absolute atomic E-state index is 14.5. The van der Waals surface area contributed by atoms with Crippen molar-refractivity contribution in [3.63, 3.8) is 0 Å². The lowest BCUT2D eigenvalue weighted by molar-refractivity contribution is -0.336. The smallest absolute Gasteiger partial charge is 0.411 e. The number of aromatic carboxylic acids is 1. The van der Waals surface area contributed by atoms with Crippen LogP contribution >= 0.6 is 55.9 Å². The minimum absolute atomic E-state index is 0.00132. The van der Waals surface area contributed by atoms with Gasteiger partial charge >= 0.3 is 12.1 Å². The van der Waals surface area contributed by atoms with Crippen molar-refractivity contribution in [2.75, 3.05) is 54.5 Å². The van der Waals surface area contributed by atoms with Gasteiger partial charge in [-0.2, -0.15) is 5.48 Å². The molecule has 1 aromatic carbocycles. The Kier molecular flexibility index (Phi) is 25.9. The minimum Gasteiger partial charge on any atom is -0.492 e. The van der Waals surface area contributed by atoms with Crippen LogP contribution in [0, 0.1) is 34.2 Å². The number of aliphatic hydroxyl groups excluding tert-OH is 4. The lowest BCUT2D eigenvalue weighted by atomic mass is 9.75. The van der Waals surface area contributed by atoms with Crippen LogP contribution in [0.3, 0.4) is 0 Å². The third-order valence-corrected chi connectivity index (χ3v) is 20.6. The molecule has 2 bridgehead atoms. The summed E-state index contributed by atoms with van der Waals surface area (Å²) in [5.41, 5.74) is 0.681. The fourth-order valence-corrected chi connectivity index (χ4v) is 14.8. The van der Waals surface area contributed by atoms with E-state index in [2.05, 4.69) is 44.8 Å². The molecule has 27 nitrogen and oxygen atoms in total. The Bertz CT molecular complexity index is 3180. The Morgan fingerprint density at radius 1 is 0.890 bits per heavy atom. The van der Waals surface area contributed by atoms with Crippen LogP contribution in [0.5, 0.6) is 17.2 Å². The van der Waals surface area contributed by atoms with Crippen LogP contribution in [0.1, 0.15) is 73.2 Å². The van der Waals surface area contributed by atoms with Crippen molar-refractivity contribution in [2.45, 2.75) is 174 Å². The van der Waals surface area contributed by atoms with Crippen LogP contribution < -0.4 is 30.3 Å². The third kappa shape index (κ3) is 16.5. The van der Waals surface area contributed by atoms with Gasteiger partial charge in [0.25, 0.3) is 0 Å². The second-order valence-corrected chi connectivity index (χ2v) is 26.1. The van der Waals surface area contributed by atoms with Crippen molar-refractivity contribution in [3.8, 4) is 40.9 Å². The molecule has 19 atom stereocenters. The topological polar surface area (TPSA) is 359 Å². The van der Waals surface area contributed by atoms with Gasteiger partial charge in [-0.05, 0) is 97.5 Å². The van der Waals surface area contributed by atoms with Gasteiger partial charge in [-0.1, -0.05) is 59.2 Å². The second kappa shape index (κ2) is 32.6. The lowest BCUT2D eigenvalue weighted by Crippen LogP contribution is -2.65. The zero-order chi connectivity index (χ0) is 66.0. The standard InChI is InChI=1S/C60H75IN4O23S3/c1-11-62-33-26-81-38(24-37(33)76-6)86-51-46(69)43(65-88-39-23-34(66)53(30(5)82-39)90-56(73)40-27(2)42(61)49(52(79-9)48(40)77-7)87-57-47(70)50(78-8)45(68)29(4)84-57)28(3)83-58(51)85-36-18-14-12-13-15-20-60(75)25-35(67)44(64-59(74)80-10)41(36)32(60)19-22-89-91-54-31(55(71)72)17-16-21-63-54/h12-13,16-17,19,21,28-30,33-34,36-39,43,45-47,50-51,53,57-58,62,65-66,68-70,75H,11,22-26H2,1-10H3,(H,64,74)(H,71,72)/b13-12-,32-19+/t28-,29+,30-,33+,34+,36+,37+,38+,39+,43-,45+,46+,47-,50-,51-,53-,57+,58+,60+/m1/s1. The molecule has 498 valence electrons. The molecule has 31 heteroatoms. The summed E-state index contributed by atoms with van der Waals surface area (Å²) in [7, 11) is 8.90. The Labute approximate surface area is 551 Å². The highest BCUT2D eigenvalue weighted by molar-refractivity contribution is 14.1. The van der Waals surface area contributed by atoms with Gasteiger partial charge < -0.3 is 92.8 Å². The molecule has 0 saturated carbocycles. The summed E-state index contributed by atoms with van der Waals surface area (Å²) in [4.78, 5) is 64.1. The predicted octanol–water partition coefficient (Wildman–Crippen LogP) is 3.07. The van der Waals surface area contributed by atoms with Crippen LogP contribution in [0.2, 0.25) is 0 Å². The molecule has 0 spiro atoms. The number of alkyl carbamates (subject to hydrolysis) is 1. The Morgan fingerprint density at radius 3 is 2.31 bits per heavy atom. The number of pyridine rings is 1. The highest BCUT2D eigenvalue weighted by Gasteiger charge is 2.52. The molecule has 5 heterocycles. The first-order chi connectivity index (χ1) is 43.5. The molecule has 4 aliphatic heterocycles. The van der Waals surface area contributed by atoms with Crippen LogP contribution in [0.25, 0.3) is 0 Å². The monoisotopic (exact) mass is 1440 g/mol. The van der Waals surface area contributed by atoms with E-state index in [-0.39, 0.29) is 81.5 Å². The van der Waals surface area contributed by atoms with E-state index < -0.39 is 139 Å². The maximum Gasteiger partial charge on any atom is 0.411 e. The summed E-state index contributed by atoms with van der Waals surface area (Å²) in [6, 6.07) is 1.54. The van der Waals surface area contributed by atoms with E-state index in [1.54, 1.807) is 40.9 Å². The number of carboxylic acid groups (broad SMARTS) is 1. The number of carbonyl (C=O) groups excluding carboxylic acids is 3. The molecule has 6 aliphatic rings. The molecule has 0 radical (unpaired) electrons. The van der Waals surface area contributed by atoms with Crippen molar-refractivity contribution in [1.29, 1.82) is 0 Å². The first-order valence-corrected chi connectivity index (χ1v) is 33.2. The molecular formula is C60H75IN4O23S3. The number of hydrogen-bond donors (Lipinski definition) is 9. The van der Waals surface area contributed by atoms with E-state index in [1.807, 2.05) is 29.5 Å². The fraction of sp³-hybridized carbons (Fsp3) is 0.583. The number of hydroxylamine groups is 1. The SMILES string of the molecule is CCN[C@H]1CO[C@@H](O[C@H]2[C@H](O[C@H]3C#C/C=C\C#C[C@]4(O)CC(=O)C(NC(=O)OC)=C3/C4=C\CSSc3ncccc3C(=O)O)O[C@H](C)[C@@H](NO[C@H]3C[C@H](O)[C@H](SC(=O)c4c(C)c(I)c(O[C@@H]5O[C@@H](C)[C@H](O)[C@@H](OC)[C@H]5O)c(OC)c4OC)[C@@H](C)O3)[C@@H]2O)C[C@@H]1OC. The summed E-state index contributed by atoms with van der Waals surface area (Å²) in [5.74, 6) is 9.56. The second-order valence-electron chi connectivity index (χ2n) is 21.6. The largest absolute Gasteiger partial charge is 0.492 e. The summed E-state index contributed by atoms with van der Waals surface area (Å²) >= 11 is 2.79. The van der Waals surface area contributed by atoms with Crippen molar-refractivity contribution in [3.05, 3.63) is 73.7 Å². The highest BCUT2D eigenvalue weighted by atomic mass is 127. The number of hydrogen-bond acceptors (Lipinski definition) is 28. The van der Waals surface area contributed by atoms with Gasteiger partial charge in [-0.25, -0.2) is 14.6 Å². The molecule has 2 aliphatic carbocycles. The molecule has 2 aromatic rings. The molecule has 8 rings (SSSR count). The first kappa shape index (κ1) is 72.2. The van der Waals surface area contributed by atoms with Gasteiger partial charge in [0.15, 0.2) is 41.8 Å². The number of carboxylic acids is 1. The van der Waals surface area contributed by atoms with E-state index >= 15 is 0 Å². The third-order valence-electron chi connectivity index (χ3n) is 15.8. The highest BCUT2D eigenvalue weighted by Crippen LogP contribution is 2.49. The van der Waals surface area contributed by atoms with Gasteiger partial charge in [0.1, 0.15) is 41.6 Å². The van der Waals surface area contributed by atoms with Crippen molar-refractivity contribution in [2.24, 2.45) is 0 Å². The molecule has 91 heavy (non-hydrogen) atoms. The van der Waals surface area contributed by atoms with Gasteiger partial charge in [-0.3, -0.25) is 19.7 Å². The van der Waals surface area contributed by atoms with Crippen LogP contribution in [-0.2, 0) is 52.3 Å². The number of allylic oxidation sites excluding steroid dienone is 3. The Hall–Kier alpha value is -4.67. The number of rotatable bonds is 23. The van der Waals surface area contributed by atoms with Crippen LogP contribution in [-0.4, -0.2) is 228 Å². The number of nitrogens with one attached hydrogen (secondary N) is 3. The van der Waals surface area contributed by atoms with Crippen molar-refractivity contribution in [1.82, 2.24) is 21.1 Å². The van der Waals surface area contributed by atoms with E-state index in [0.717, 1.165) is 40.5 Å². The number of aromatic nitrogens is 1. The molecule has 1 amide bonds. The number of nitrogens with zero attached hydrogens (tertiary/aromatic N) is 1. The lowest BCUT2D eigenvalue weighted by Gasteiger charge is -2.46. The number of ketones is 1. The number of ether oxygens (including phenoxy) is 12. The number of thioether (sulfide) groups is 1. The number of halogens is 1. The van der Waals surface area contributed by atoms with Crippen LogP contribution in [0.4, 0.5) is 4.79 Å². The van der Waals surface area contributed by atoms with E-state index in [4.69, 9.17) is 61.7 Å². The first-order valence-electron chi connectivity index (χ1n) is 28.9. The number of likely N-dealkylation sites (N-methyl/N-ethyl adjacent to an activating group) is 1. The molecule has 9 N–H and O–H groups in total. The number of amides is 1. The summed E-state index contributed by atoms with van der Waals surface area (Å²) in [6.07, 6.45) is -13.5. The normalized spacial score (nSPS) is 34.0. The van der Waals surface area contributed by atoms with Gasteiger partial charge in [-0.15, -0.1) is 0 Å². The summed E-state index contributed by atoms with van der Waals surface area (Å²) in [5, 5.41) is 72.9. The van der Waals surface area contributed by atoms with Crippen molar-refractivity contribution < 1.29 is 111 Å². The molecule has 1 aromatic heterocycles. The van der Waals surface area contributed by atoms with Crippen LogP contribution in [0.15, 0.2) is 58.4 Å². The van der Waals surface area contributed by atoms with E-state index in [9.17, 15) is 49.8 Å². The number of fused-ring (bicyclic) bond motifs is 2. The summed E-state index contributed by atoms with van der Waals surface area (Å²) in [6.45, 7) is 9.24. The van der Waals surface area contributed by atoms with Crippen molar-refractivity contribution >= 4 is 78.9 Å². The summed E-state index contributed by atoms with van der Waals surface area (Å²) < 4.78 is 72.6. The van der Waals surface area contributed by atoms with E-state index in [1.165, 1.54) is 51.8 Å². The Morgan fingerprint density at radius 2 is 1.63 bits per heavy atom. The average Bonchev–Trinajstić information content (AvgIpc) is 0.772. The van der Waals surface area contributed by atoms with E-state index in [0.29, 0.717) is 15.7 Å². The molecule has 0 unspecified atom stereocenters. The van der Waals surface area contributed by atoms with Gasteiger partial charge in [0.2, 0.25) is 17.2 Å². The zero-order valence-corrected chi connectivity index (χ0v) is 55.9. The molecule has 4 fully saturated rings. The molecule has 4 saturated heterocycles. The Balaban J connectivity index is 1.03. The number of carbonyl (C=O) groups is 4. The average molecular weight is 1440 g/mol. The number of Topliss-reactive ketones (excluding diaryl/α,β-unsaturated/α-hetero) is 1. The number of aliphatic hydroxyl groups is 5. The predicted molar refractivity (Wildman–Crippen MR) is 336 cm³/mol. The van der Waals surface area contributed by atoms with Gasteiger partial charge in [0.05, 0.1) is 103 Å². The number of benzene rings is 1. The number of methoxy groups -OCH3 is 5. The zero-order valence-electron chi connectivity index (χ0n) is 51.3. The minimum atomic E-state index is -2.21. The van der Waals surface area contributed by atoms with Gasteiger partial charge in [0, 0.05) is 50.2 Å².